The lowest BCUT2D eigenvalue weighted by molar-refractivity contribution is -0.117. The molecule has 0 bridgehead atoms. The highest BCUT2D eigenvalue weighted by molar-refractivity contribution is 5.80. The van der Waals surface area contributed by atoms with Crippen molar-refractivity contribution in [1.29, 1.82) is 0 Å². The summed E-state index contributed by atoms with van der Waals surface area (Å²) in [5, 5.41) is 3.17. The zero-order valence-electron chi connectivity index (χ0n) is 8.42. The van der Waals surface area contributed by atoms with Gasteiger partial charge in [-0.15, -0.1) is 0 Å². The van der Waals surface area contributed by atoms with Crippen LogP contribution in [-0.4, -0.2) is 18.9 Å². The molecule has 0 fully saturated rings. The second-order valence-corrected chi connectivity index (χ2v) is 3.29. The minimum atomic E-state index is 0.0881. The van der Waals surface area contributed by atoms with Crippen molar-refractivity contribution in [2.75, 3.05) is 18.4 Å². The Morgan fingerprint density at radius 2 is 2.29 bits per heavy atom. The smallest absolute Gasteiger partial charge is 0.148 e. The van der Waals surface area contributed by atoms with Crippen LogP contribution in [0.3, 0.4) is 0 Å². The maximum atomic E-state index is 10.9. The first-order valence-electron chi connectivity index (χ1n) is 4.74. The van der Waals surface area contributed by atoms with Gasteiger partial charge in [-0.3, -0.25) is 4.79 Å². The molecule has 0 atom stereocenters. The summed E-state index contributed by atoms with van der Waals surface area (Å²) in [5.41, 5.74) is 7.46. The third-order valence-corrected chi connectivity index (χ3v) is 1.98. The summed E-state index contributed by atoms with van der Waals surface area (Å²) >= 11 is 0. The molecule has 0 aliphatic heterocycles. The molecule has 0 saturated heterocycles. The molecule has 0 radical (unpaired) electrons. The number of hydrogen-bond acceptors (Lipinski definition) is 3. The summed E-state index contributed by atoms with van der Waals surface area (Å²) in [4.78, 5) is 10.9. The Morgan fingerprint density at radius 3 is 2.93 bits per heavy atom. The number of rotatable bonds is 5. The van der Waals surface area contributed by atoms with Gasteiger partial charge in [-0.25, -0.2) is 0 Å². The maximum Gasteiger partial charge on any atom is 0.148 e. The fourth-order valence-electron chi connectivity index (χ4n) is 1.20. The number of anilines is 1. The van der Waals surface area contributed by atoms with Crippen LogP contribution in [0.4, 0.5) is 5.69 Å². The summed E-state index contributed by atoms with van der Waals surface area (Å²) in [5.74, 6) is 0.0881. The predicted molar refractivity (Wildman–Crippen MR) is 58.3 cm³/mol. The second-order valence-electron chi connectivity index (χ2n) is 3.29. The number of ketones is 1. The van der Waals surface area contributed by atoms with Crippen LogP contribution in [0.2, 0.25) is 0 Å². The van der Waals surface area contributed by atoms with Gasteiger partial charge in [0.2, 0.25) is 0 Å². The van der Waals surface area contributed by atoms with Crippen LogP contribution in [-0.2, 0) is 4.79 Å². The highest BCUT2D eigenvalue weighted by atomic mass is 16.1. The van der Waals surface area contributed by atoms with E-state index in [4.69, 9.17) is 5.73 Å². The van der Waals surface area contributed by atoms with Crippen molar-refractivity contribution in [3.63, 3.8) is 0 Å². The molecule has 0 spiro atoms. The Hall–Kier alpha value is -1.35. The number of carbonyl (C=O) groups is 1. The predicted octanol–water partition coefficient (Wildman–Crippen LogP) is 1.32. The van der Waals surface area contributed by atoms with E-state index in [2.05, 4.69) is 5.32 Å². The largest absolute Gasteiger partial charge is 0.385 e. The van der Waals surface area contributed by atoms with Crippen molar-refractivity contribution in [2.45, 2.75) is 13.3 Å². The molecule has 1 rings (SSSR count). The molecule has 0 aliphatic carbocycles. The first-order valence-corrected chi connectivity index (χ1v) is 4.74. The Bertz CT molecular complexity index is 310. The molecule has 0 unspecified atom stereocenters. The minimum Gasteiger partial charge on any atom is -0.385 e. The summed E-state index contributed by atoms with van der Waals surface area (Å²) in [7, 11) is 0. The van der Waals surface area contributed by atoms with Gasteiger partial charge in [0.25, 0.3) is 0 Å². The summed E-state index contributed by atoms with van der Waals surface area (Å²) < 4.78 is 0. The van der Waals surface area contributed by atoms with Crippen LogP contribution < -0.4 is 11.1 Å². The van der Waals surface area contributed by atoms with Crippen LogP contribution in [0.5, 0.6) is 0 Å². The van der Waals surface area contributed by atoms with Gasteiger partial charge in [-0.2, -0.15) is 0 Å². The lowest BCUT2D eigenvalue weighted by Crippen LogP contribution is -2.17. The van der Waals surface area contributed by atoms with Gasteiger partial charge in [-0.05, 0) is 24.6 Å². The van der Waals surface area contributed by atoms with Crippen molar-refractivity contribution in [3.8, 4) is 0 Å². The lowest BCUT2D eigenvalue weighted by Gasteiger charge is -2.05. The lowest BCUT2D eigenvalue weighted by atomic mass is 10.2. The van der Waals surface area contributed by atoms with Crippen LogP contribution in [0, 0.1) is 6.92 Å². The van der Waals surface area contributed by atoms with E-state index in [0.717, 1.165) is 5.69 Å². The van der Waals surface area contributed by atoms with E-state index >= 15 is 0 Å². The molecule has 0 heterocycles. The number of hydrogen-bond donors (Lipinski definition) is 2. The summed E-state index contributed by atoms with van der Waals surface area (Å²) in [6.45, 7) is 2.82. The number of Topliss-reactive ketones (excluding diaryl/α,β-unsaturated/α-hetero) is 1. The van der Waals surface area contributed by atoms with Gasteiger partial charge in [0.05, 0.1) is 6.54 Å². The highest BCUT2D eigenvalue weighted by Gasteiger charge is 1.97. The van der Waals surface area contributed by atoms with E-state index in [9.17, 15) is 4.79 Å². The molecular formula is C11H16N2O. The number of benzene rings is 1. The Kier molecular flexibility index (Phi) is 4.13. The average molecular weight is 192 g/mol. The minimum absolute atomic E-state index is 0.0881. The molecule has 0 amide bonds. The van der Waals surface area contributed by atoms with Crippen molar-refractivity contribution in [2.24, 2.45) is 5.73 Å². The second kappa shape index (κ2) is 5.40. The fraction of sp³-hybridized carbons (Fsp3) is 0.364. The molecule has 1 aromatic carbocycles. The molecule has 14 heavy (non-hydrogen) atoms. The fourth-order valence-corrected chi connectivity index (χ4v) is 1.20. The zero-order valence-corrected chi connectivity index (χ0v) is 8.42. The zero-order chi connectivity index (χ0) is 10.4. The van der Waals surface area contributed by atoms with Gasteiger partial charge in [0.15, 0.2) is 0 Å². The molecule has 3 N–H and O–H groups in total. The topological polar surface area (TPSA) is 55.1 Å². The van der Waals surface area contributed by atoms with E-state index in [1.165, 1.54) is 5.56 Å². The SMILES string of the molecule is Cc1cccc(NCCC(=O)CN)c1. The Morgan fingerprint density at radius 1 is 1.50 bits per heavy atom. The number of nitrogens with one attached hydrogen (secondary N) is 1. The van der Waals surface area contributed by atoms with Gasteiger partial charge in [0, 0.05) is 18.7 Å². The Labute approximate surface area is 84.3 Å². The van der Waals surface area contributed by atoms with Gasteiger partial charge >= 0.3 is 0 Å². The quantitative estimate of drug-likeness (QED) is 0.740. The Balaban J connectivity index is 2.35. The molecular weight excluding hydrogens is 176 g/mol. The van der Waals surface area contributed by atoms with E-state index < -0.39 is 0 Å². The molecule has 3 heteroatoms. The summed E-state index contributed by atoms with van der Waals surface area (Å²) in [6.07, 6.45) is 0.491. The first-order chi connectivity index (χ1) is 6.72. The van der Waals surface area contributed by atoms with E-state index in [-0.39, 0.29) is 12.3 Å². The third-order valence-electron chi connectivity index (χ3n) is 1.98. The number of aryl methyl sites for hydroxylation is 1. The van der Waals surface area contributed by atoms with Crippen molar-refractivity contribution < 1.29 is 4.79 Å². The molecule has 76 valence electrons. The van der Waals surface area contributed by atoms with Crippen molar-refractivity contribution in [3.05, 3.63) is 29.8 Å². The standard InChI is InChI=1S/C11H16N2O/c1-9-3-2-4-10(7-9)13-6-5-11(14)8-12/h2-4,7,13H,5-6,8,12H2,1H3. The monoisotopic (exact) mass is 192 g/mol. The normalized spacial score (nSPS) is 9.86. The summed E-state index contributed by atoms with van der Waals surface area (Å²) in [6, 6.07) is 8.06. The van der Waals surface area contributed by atoms with Gasteiger partial charge in [0.1, 0.15) is 5.78 Å². The number of carbonyl (C=O) groups excluding carboxylic acids is 1. The molecule has 0 aromatic heterocycles. The van der Waals surface area contributed by atoms with Crippen LogP contribution in [0.15, 0.2) is 24.3 Å². The molecule has 3 nitrogen and oxygen atoms in total. The molecule has 0 saturated carbocycles. The number of nitrogens with two attached hydrogens (primary N) is 1. The molecule has 1 aromatic rings. The van der Waals surface area contributed by atoms with E-state index in [1.807, 2.05) is 31.2 Å². The molecule has 0 aliphatic rings. The van der Waals surface area contributed by atoms with Gasteiger partial charge in [-0.1, -0.05) is 12.1 Å². The van der Waals surface area contributed by atoms with Crippen molar-refractivity contribution in [1.82, 2.24) is 0 Å². The maximum absolute atomic E-state index is 10.9. The van der Waals surface area contributed by atoms with Crippen LogP contribution in [0.1, 0.15) is 12.0 Å². The van der Waals surface area contributed by atoms with Gasteiger partial charge < -0.3 is 11.1 Å². The van der Waals surface area contributed by atoms with Crippen LogP contribution >= 0.6 is 0 Å². The van der Waals surface area contributed by atoms with E-state index in [1.54, 1.807) is 0 Å². The third kappa shape index (κ3) is 3.58. The van der Waals surface area contributed by atoms with E-state index in [0.29, 0.717) is 13.0 Å². The first kappa shape index (κ1) is 10.7. The average Bonchev–Trinajstić information content (AvgIpc) is 2.17. The highest BCUT2D eigenvalue weighted by Crippen LogP contribution is 2.08. The van der Waals surface area contributed by atoms with Crippen LogP contribution in [0.25, 0.3) is 0 Å². The van der Waals surface area contributed by atoms with Crippen molar-refractivity contribution >= 4 is 11.5 Å².